The van der Waals surface area contributed by atoms with Gasteiger partial charge in [-0.3, -0.25) is 0 Å². The lowest BCUT2D eigenvalue weighted by molar-refractivity contribution is 0.119. The predicted octanol–water partition coefficient (Wildman–Crippen LogP) is 1.39. The molecule has 0 unspecified atom stereocenters. The van der Waals surface area contributed by atoms with Crippen molar-refractivity contribution in [3.05, 3.63) is 0 Å². The molecule has 0 aromatic carbocycles. The van der Waals surface area contributed by atoms with E-state index in [1.54, 1.807) is 0 Å². The van der Waals surface area contributed by atoms with Crippen LogP contribution in [-0.4, -0.2) is 40.9 Å². The molecule has 2 aliphatic rings. The van der Waals surface area contributed by atoms with Crippen LogP contribution >= 0.6 is 0 Å². The van der Waals surface area contributed by atoms with Crippen molar-refractivity contribution in [3.63, 3.8) is 0 Å². The number of nitrogens with zero attached hydrogens (tertiary/aromatic N) is 1. The molecule has 86 valence electrons. The Kier molecular flexibility index (Phi) is 3.14. The van der Waals surface area contributed by atoms with Crippen LogP contribution in [-0.2, 0) is 0 Å². The summed E-state index contributed by atoms with van der Waals surface area (Å²) >= 11 is 0. The standard InChI is InChI=1S/C11H19NO3/c13-6-3-9-7-10(9)8-1-4-12(5-2-8)11(14)15/h8-10,13H,1-7H2,(H,14,15)/t9-,10+/m0/s1. The quantitative estimate of drug-likeness (QED) is 0.744. The molecular formula is C11H19NO3. The maximum Gasteiger partial charge on any atom is 0.407 e. The van der Waals surface area contributed by atoms with Crippen molar-refractivity contribution >= 4 is 6.09 Å². The Morgan fingerprint density at radius 3 is 2.53 bits per heavy atom. The Hall–Kier alpha value is -0.770. The Labute approximate surface area is 89.9 Å². The topological polar surface area (TPSA) is 60.8 Å². The number of piperidine rings is 1. The molecule has 0 bridgehead atoms. The van der Waals surface area contributed by atoms with Crippen LogP contribution in [0.3, 0.4) is 0 Å². The first-order chi connectivity index (χ1) is 7.22. The lowest BCUT2D eigenvalue weighted by Gasteiger charge is -2.30. The first-order valence-electron chi connectivity index (χ1n) is 5.81. The number of hydrogen-bond donors (Lipinski definition) is 2. The highest BCUT2D eigenvalue weighted by Gasteiger charge is 2.43. The van der Waals surface area contributed by atoms with Crippen LogP contribution in [0.5, 0.6) is 0 Å². The van der Waals surface area contributed by atoms with E-state index in [1.807, 2.05) is 0 Å². The second-order valence-electron chi connectivity index (χ2n) is 4.78. The fourth-order valence-corrected chi connectivity index (χ4v) is 2.87. The number of likely N-dealkylation sites (tertiary alicyclic amines) is 1. The maximum atomic E-state index is 10.7. The molecule has 1 heterocycles. The summed E-state index contributed by atoms with van der Waals surface area (Å²) in [7, 11) is 0. The molecule has 1 saturated heterocycles. The Balaban J connectivity index is 1.73. The normalized spacial score (nSPS) is 31.7. The van der Waals surface area contributed by atoms with Crippen molar-refractivity contribution < 1.29 is 15.0 Å². The molecule has 2 atom stereocenters. The van der Waals surface area contributed by atoms with E-state index < -0.39 is 6.09 Å². The molecule has 0 radical (unpaired) electrons. The number of hydrogen-bond acceptors (Lipinski definition) is 2. The van der Waals surface area contributed by atoms with Gasteiger partial charge >= 0.3 is 6.09 Å². The van der Waals surface area contributed by atoms with Crippen LogP contribution < -0.4 is 0 Å². The zero-order chi connectivity index (χ0) is 10.8. The summed E-state index contributed by atoms with van der Waals surface area (Å²) in [6.07, 6.45) is 3.43. The van der Waals surface area contributed by atoms with Crippen molar-refractivity contribution in [3.8, 4) is 0 Å². The molecule has 2 N–H and O–H groups in total. The van der Waals surface area contributed by atoms with Gasteiger partial charge in [0.1, 0.15) is 0 Å². The van der Waals surface area contributed by atoms with E-state index in [1.165, 1.54) is 11.3 Å². The molecule has 0 aromatic heterocycles. The predicted molar refractivity (Wildman–Crippen MR) is 55.6 cm³/mol. The number of carbonyl (C=O) groups is 1. The van der Waals surface area contributed by atoms with E-state index in [-0.39, 0.29) is 0 Å². The van der Waals surface area contributed by atoms with Gasteiger partial charge < -0.3 is 15.1 Å². The van der Waals surface area contributed by atoms with Gasteiger partial charge in [-0.15, -0.1) is 0 Å². The summed E-state index contributed by atoms with van der Waals surface area (Å²) in [6, 6.07) is 0. The Bertz CT molecular complexity index is 236. The van der Waals surface area contributed by atoms with Gasteiger partial charge in [-0.25, -0.2) is 4.79 Å². The van der Waals surface area contributed by atoms with Gasteiger partial charge in [-0.05, 0) is 43.4 Å². The molecule has 2 fully saturated rings. The summed E-state index contributed by atoms with van der Waals surface area (Å²) in [5, 5.41) is 17.6. The van der Waals surface area contributed by atoms with Crippen molar-refractivity contribution in [2.75, 3.05) is 19.7 Å². The highest BCUT2D eigenvalue weighted by atomic mass is 16.4. The third-order valence-electron chi connectivity index (χ3n) is 3.89. The van der Waals surface area contributed by atoms with Gasteiger partial charge in [0.2, 0.25) is 0 Å². The molecule has 0 spiro atoms. The van der Waals surface area contributed by atoms with Crippen molar-refractivity contribution in [1.82, 2.24) is 4.90 Å². The fourth-order valence-electron chi connectivity index (χ4n) is 2.87. The number of carboxylic acid groups (broad SMARTS) is 1. The van der Waals surface area contributed by atoms with Crippen LogP contribution in [0.2, 0.25) is 0 Å². The largest absolute Gasteiger partial charge is 0.465 e. The number of aliphatic hydroxyl groups excluding tert-OH is 1. The van der Waals surface area contributed by atoms with Gasteiger partial charge in [0.25, 0.3) is 0 Å². The van der Waals surface area contributed by atoms with Gasteiger partial charge in [0.15, 0.2) is 0 Å². The molecule has 15 heavy (non-hydrogen) atoms. The molecular weight excluding hydrogens is 194 g/mol. The third-order valence-corrected chi connectivity index (χ3v) is 3.89. The fraction of sp³-hybridized carbons (Fsp3) is 0.909. The van der Waals surface area contributed by atoms with Crippen molar-refractivity contribution in [2.45, 2.75) is 25.7 Å². The van der Waals surface area contributed by atoms with E-state index >= 15 is 0 Å². The third kappa shape index (κ3) is 2.43. The van der Waals surface area contributed by atoms with Crippen LogP contribution in [0.4, 0.5) is 4.79 Å². The second-order valence-corrected chi connectivity index (χ2v) is 4.78. The van der Waals surface area contributed by atoms with Crippen LogP contribution in [0.25, 0.3) is 0 Å². The first-order valence-corrected chi connectivity index (χ1v) is 5.81. The van der Waals surface area contributed by atoms with Gasteiger partial charge in [-0.1, -0.05) is 0 Å². The lowest BCUT2D eigenvalue weighted by atomic mass is 9.91. The Morgan fingerprint density at radius 2 is 2.00 bits per heavy atom. The minimum Gasteiger partial charge on any atom is -0.465 e. The molecule has 2 rings (SSSR count). The summed E-state index contributed by atoms with van der Waals surface area (Å²) in [5.74, 6) is 2.20. The highest BCUT2D eigenvalue weighted by Crippen LogP contribution is 2.49. The van der Waals surface area contributed by atoms with E-state index in [0.717, 1.165) is 31.1 Å². The lowest BCUT2D eigenvalue weighted by Crippen LogP contribution is -2.38. The molecule has 1 saturated carbocycles. The van der Waals surface area contributed by atoms with Crippen molar-refractivity contribution in [1.29, 1.82) is 0 Å². The van der Waals surface area contributed by atoms with E-state index in [0.29, 0.717) is 25.6 Å². The van der Waals surface area contributed by atoms with E-state index in [2.05, 4.69) is 0 Å². The van der Waals surface area contributed by atoms with Gasteiger partial charge in [0, 0.05) is 19.7 Å². The van der Waals surface area contributed by atoms with Crippen LogP contribution in [0.15, 0.2) is 0 Å². The maximum absolute atomic E-state index is 10.7. The second kappa shape index (κ2) is 4.39. The minimum absolute atomic E-state index is 0.301. The van der Waals surface area contributed by atoms with Crippen LogP contribution in [0.1, 0.15) is 25.7 Å². The molecule has 1 aliphatic heterocycles. The average Bonchev–Trinajstić information content (AvgIpc) is 2.98. The average molecular weight is 213 g/mol. The van der Waals surface area contributed by atoms with E-state index in [4.69, 9.17) is 10.2 Å². The number of amides is 1. The smallest absolute Gasteiger partial charge is 0.407 e. The van der Waals surface area contributed by atoms with E-state index in [9.17, 15) is 4.79 Å². The Morgan fingerprint density at radius 1 is 1.33 bits per heavy atom. The zero-order valence-corrected chi connectivity index (χ0v) is 8.93. The summed E-state index contributed by atoms with van der Waals surface area (Å²) in [5.41, 5.74) is 0. The van der Waals surface area contributed by atoms with Gasteiger partial charge in [0.05, 0.1) is 0 Å². The summed E-state index contributed by atoms with van der Waals surface area (Å²) < 4.78 is 0. The summed E-state index contributed by atoms with van der Waals surface area (Å²) in [6.45, 7) is 1.69. The van der Waals surface area contributed by atoms with Gasteiger partial charge in [-0.2, -0.15) is 0 Å². The number of aliphatic hydroxyl groups is 1. The molecule has 1 amide bonds. The minimum atomic E-state index is -0.781. The monoisotopic (exact) mass is 213 g/mol. The SMILES string of the molecule is O=C(O)N1CCC([C@H]2C[C@@H]2CCO)CC1. The first kappa shape index (κ1) is 10.7. The number of rotatable bonds is 3. The summed E-state index contributed by atoms with van der Waals surface area (Å²) in [4.78, 5) is 12.2. The molecule has 4 heteroatoms. The van der Waals surface area contributed by atoms with Crippen LogP contribution in [0, 0.1) is 17.8 Å². The molecule has 4 nitrogen and oxygen atoms in total. The molecule has 1 aliphatic carbocycles. The molecule has 0 aromatic rings. The highest BCUT2D eigenvalue weighted by molar-refractivity contribution is 5.64. The zero-order valence-electron chi connectivity index (χ0n) is 8.93. The van der Waals surface area contributed by atoms with Crippen molar-refractivity contribution in [2.24, 2.45) is 17.8 Å².